The Morgan fingerprint density at radius 3 is 2.53 bits per heavy atom. The first-order valence-electron chi connectivity index (χ1n) is 6.72. The molecule has 108 valence electrons. The summed E-state index contributed by atoms with van der Waals surface area (Å²) in [5, 5.41) is 0. The normalized spacial score (nSPS) is 12.6. The number of hydrogen-bond acceptors (Lipinski definition) is 3. The van der Waals surface area contributed by atoms with E-state index in [4.69, 9.17) is 15.2 Å². The second kappa shape index (κ2) is 7.75. The van der Waals surface area contributed by atoms with Gasteiger partial charge in [-0.3, -0.25) is 0 Å². The average Bonchev–Trinajstić information content (AvgIpc) is 2.36. The Balaban J connectivity index is 2.94. The quantitative estimate of drug-likeness (QED) is 0.828. The highest BCUT2D eigenvalue weighted by Crippen LogP contribution is 2.37. The summed E-state index contributed by atoms with van der Waals surface area (Å²) in [4.78, 5) is 0. The Hall–Kier alpha value is -0.740. The summed E-state index contributed by atoms with van der Waals surface area (Å²) in [5.41, 5.74) is 7.16. The lowest BCUT2D eigenvalue weighted by atomic mass is 10.0. The van der Waals surface area contributed by atoms with E-state index in [2.05, 4.69) is 42.8 Å². The molecule has 0 aliphatic rings. The van der Waals surface area contributed by atoms with Crippen LogP contribution in [-0.2, 0) is 6.42 Å². The van der Waals surface area contributed by atoms with E-state index >= 15 is 0 Å². The van der Waals surface area contributed by atoms with Gasteiger partial charge in [0.05, 0.1) is 18.2 Å². The van der Waals surface area contributed by atoms with Gasteiger partial charge in [-0.15, -0.1) is 0 Å². The Labute approximate surface area is 124 Å². The van der Waals surface area contributed by atoms with E-state index < -0.39 is 0 Å². The lowest BCUT2D eigenvalue weighted by molar-refractivity contribution is 0.255. The molecule has 0 heterocycles. The molecule has 0 aliphatic heterocycles. The minimum absolute atomic E-state index is 0.180. The van der Waals surface area contributed by atoms with Crippen LogP contribution in [-0.4, -0.2) is 19.8 Å². The maximum Gasteiger partial charge on any atom is 0.175 e. The standard InChI is InChI=1S/C15H24BrNO2/c1-5-12(17)6-11-7-13(16)15(14(8-11)18-4)19-9-10(2)3/h7-8,10,12H,5-6,9,17H2,1-4H3. The third kappa shape index (κ3) is 5.03. The van der Waals surface area contributed by atoms with Crippen molar-refractivity contribution in [2.75, 3.05) is 13.7 Å². The molecule has 1 unspecified atom stereocenters. The molecule has 1 atom stereocenters. The third-order valence-electron chi connectivity index (χ3n) is 2.87. The van der Waals surface area contributed by atoms with E-state index in [9.17, 15) is 0 Å². The van der Waals surface area contributed by atoms with Crippen molar-refractivity contribution in [3.63, 3.8) is 0 Å². The summed E-state index contributed by atoms with van der Waals surface area (Å²) in [6, 6.07) is 4.25. The Morgan fingerprint density at radius 1 is 1.32 bits per heavy atom. The molecular weight excluding hydrogens is 306 g/mol. The van der Waals surface area contributed by atoms with Crippen LogP contribution in [0.2, 0.25) is 0 Å². The summed E-state index contributed by atoms with van der Waals surface area (Å²) < 4.78 is 12.1. The SMILES string of the molecule is CCC(N)Cc1cc(Br)c(OCC(C)C)c(OC)c1. The highest BCUT2D eigenvalue weighted by atomic mass is 79.9. The number of rotatable bonds is 7. The molecule has 2 N–H and O–H groups in total. The molecule has 0 spiro atoms. The van der Waals surface area contributed by atoms with Crippen LogP contribution >= 0.6 is 15.9 Å². The van der Waals surface area contributed by atoms with E-state index in [0.29, 0.717) is 12.5 Å². The topological polar surface area (TPSA) is 44.5 Å². The van der Waals surface area contributed by atoms with Gasteiger partial charge in [-0.2, -0.15) is 0 Å². The minimum atomic E-state index is 0.180. The van der Waals surface area contributed by atoms with Gasteiger partial charge >= 0.3 is 0 Å². The first-order chi connectivity index (χ1) is 8.97. The number of methoxy groups -OCH3 is 1. The summed E-state index contributed by atoms with van der Waals surface area (Å²) in [6.07, 6.45) is 1.81. The smallest absolute Gasteiger partial charge is 0.175 e. The zero-order valence-corrected chi connectivity index (χ0v) is 13.8. The van der Waals surface area contributed by atoms with Crippen molar-refractivity contribution >= 4 is 15.9 Å². The molecule has 0 bridgehead atoms. The van der Waals surface area contributed by atoms with Gasteiger partial charge in [0.15, 0.2) is 11.5 Å². The van der Waals surface area contributed by atoms with Crippen molar-refractivity contribution in [3.8, 4) is 11.5 Å². The molecular formula is C15H24BrNO2. The van der Waals surface area contributed by atoms with Gasteiger partial charge < -0.3 is 15.2 Å². The summed E-state index contributed by atoms with van der Waals surface area (Å²) in [5.74, 6) is 2.00. The van der Waals surface area contributed by atoms with Crippen LogP contribution in [0, 0.1) is 5.92 Å². The first kappa shape index (κ1) is 16.3. The lowest BCUT2D eigenvalue weighted by Gasteiger charge is -2.16. The van der Waals surface area contributed by atoms with Crippen molar-refractivity contribution in [1.82, 2.24) is 0 Å². The van der Waals surface area contributed by atoms with Gasteiger partial charge in [0.1, 0.15) is 0 Å². The molecule has 19 heavy (non-hydrogen) atoms. The van der Waals surface area contributed by atoms with E-state index in [1.807, 2.05) is 6.07 Å². The fraction of sp³-hybridized carbons (Fsp3) is 0.600. The maximum absolute atomic E-state index is 6.00. The van der Waals surface area contributed by atoms with Gasteiger partial charge in [0, 0.05) is 6.04 Å². The molecule has 0 amide bonds. The van der Waals surface area contributed by atoms with E-state index in [1.54, 1.807) is 7.11 Å². The molecule has 0 saturated carbocycles. The largest absolute Gasteiger partial charge is 0.493 e. The third-order valence-corrected chi connectivity index (χ3v) is 3.46. The predicted octanol–water partition coefficient (Wildman–Crippen LogP) is 3.77. The van der Waals surface area contributed by atoms with Crippen LogP contribution < -0.4 is 15.2 Å². The molecule has 0 aromatic heterocycles. The average molecular weight is 330 g/mol. The van der Waals surface area contributed by atoms with E-state index in [-0.39, 0.29) is 6.04 Å². The van der Waals surface area contributed by atoms with Crippen LogP contribution in [0.15, 0.2) is 16.6 Å². The second-order valence-corrected chi connectivity index (χ2v) is 6.04. The Bertz CT molecular complexity index is 407. The minimum Gasteiger partial charge on any atom is -0.493 e. The fourth-order valence-electron chi connectivity index (χ4n) is 1.73. The molecule has 0 radical (unpaired) electrons. The Kier molecular flexibility index (Phi) is 6.66. The second-order valence-electron chi connectivity index (χ2n) is 5.19. The van der Waals surface area contributed by atoms with E-state index in [1.165, 1.54) is 0 Å². The maximum atomic E-state index is 6.00. The number of halogens is 1. The fourth-order valence-corrected chi connectivity index (χ4v) is 2.33. The molecule has 4 heteroatoms. The molecule has 0 saturated heterocycles. The van der Waals surface area contributed by atoms with Crippen molar-refractivity contribution in [2.45, 2.75) is 39.7 Å². The van der Waals surface area contributed by atoms with Crippen molar-refractivity contribution < 1.29 is 9.47 Å². The summed E-state index contributed by atoms with van der Waals surface area (Å²) in [6.45, 7) is 7.00. The monoisotopic (exact) mass is 329 g/mol. The number of ether oxygens (including phenoxy) is 2. The van der Waals surface area contributed by atoms with Crippen LogP contribution in [0.5, 0.6) is 11.5 Å². The van der Waals surface area contributed by atoms with Gasteiger partial charge in [0.2, 0.25) is 0 Å². The molecule has 1 aromatic rings. The molecule has 3 nitrogen and oxygen atoms in total. The van der Waals surface area contributed by atoms with Gasteiger partial charge in [-0.05, 0) is 52.4 Å². The van der Waals surface area contributed by atoms with E-state index in [0.717, 1.165) is 34.4 Å². The molecule has 1 aromatic carbocycles. The molecule has 0 aliphatic carbocycles. The summed E-state index contributed by atoms with van der Waals surface area (Å²) >= 11 is 3.55. The van der Waals surface area contributed by atoms with Crippen LogP contribution in [0.3, 0.4) is 0 Å². The summed E-state index contributed by atoms with van der Waals surface area (Å²) in [7, 11) is 1.66. The van der Waals surface area contributed by atoms with Crippen molar-refractivity contribution in [1.29, 1.82) is 0 Å². The first-order valence-corrected chi connectivity index (χ1v) is 7.52. The van der Waals surface area contributed by atoms with Gasteiger partial charge in [0.25, 0.3) is 0 Å². The number of nitrogens with two attached hydrogens (primary N) is 1. The highest BCUT2D eigenvalue weighted by Gasteiger charge is 2.13. The number of hydrogen-bond donors (Lipinski definition) is 1. The number of benzene rings is 1. The highest BCUT2D eigenvalue weighted by molar-refractivity contribution is 9.10. The van der Waals surface area contributed by atoms with Gasteiger partial charge in [-0.25, -0.2) is 0 Å². The molecule has 1 rings (SSSR count). The van der Waals surface area contributed by atoms with Crippen molar-refractivity contribution in [2.24, 2.45) is 11.7 Å². The molecule has 0 fully saturated rings. The Morgan fingerprint density at radius 2 is 2.00 bits per heavy atom. The lowest BCUT2D eigenvalue weighted by Crippen LogP contribution is -2.21. The van der Waals surface area contributed by atoms with Crippen LogP contribution in [0.4, 0.5) is 0 Å². The zero-order chi connectivity index (χ0) is 14.4. The van der Waals surface area contributed by atoms with Gasteiger partial charge in [-0.1, -0.05) is 20.8 Å². The predicted molar refractivity (Wildman–Crippen MR) is 83.0 cm³/mol. The van der Waals surface area contributed by atoms with Crippen LogP contribution in [0.25, 0.3) is 0 Å². The zero-order valence-electron chi connectivity index (χ0n) is 12.2. The van der Waals surface area contributed by atoms with Crippen molar-refractivity contribution in [3.05, 3.63) is 22.2 Å². The van der Waals surface area contributed by atoms with Crippen LogP contribution in [0.1, 0.15) is 32.8 Å².